The highest BCUT2D eigenvalue weighted by molar-refractivity contribution is 8.69. The van der Waals surface area contributed by atoms with Crippen LogP contribution in [0.2, 0.25) is 0 Å². The highest BCUT2D eigenvalue weighted by atomic mass is 33.1. The Bertz CT molecular complexity index is 933. The Kier molecular flexibility index (Phi) is 12.1. The van der Waals surface area contributed by atoms with Crippen LogP contribution in [-0.4, -0.2) is 57.3 Å². The first kappa shape index (κ1) is 30.0. The largest absolute Gasteiger partial charge is 0.350 e. The Morgan fingerprint density at radius 1 is 1.08 bits per heavy atom. The van der Waals surface area contributed by atoms with Crippen LogP contribution >= 0.6 is 10.8 Å². The minimum absolute atomic E-state index is 0.161. The summed E-state index contributed by atoms with van der Waals surface area (Å²) in [6.45, 7) is 7.52. The van der Waals surface area contributed by atoms with E-state index in [9.17, 15) is 23.4 Å². The number of hydrogen-bond donors (Lipinski definition) is 3. The highest BCUT2D eigenvalue weighted by Gasteiger charge is 2.36. The molecule has 1 fully saturated rings. The van der Waals surface area contributed by atoms with E-state index in [0.29, 0.717) is 13.0 Å². The Balaban J connectivity index is 2.02. The van der Waals surface area contributed by atoms with E-state index in [4.69, 9.17) is 0 Å². The van der Waals surface area contributed by atoms with E-state index in [1.807, 2.05) is 51.1 Å². The van der Waals surface area contributed by atoms with Crippen LogP contribution in [0.4, 0.5) is 0 Å². The minimum atomic E-state index is -1.06. The SMILES string of the molecule is CCNC(=O)C(=O)[C@H](Cc1ccccc1)NC(=O)[C@@H](NC(=O)CCCCC1CCSS1=O)C(C)(C)C. The van der Waals surface area contributed by atoms with Crippen LogP contribution in [0.25, 0.3) is 0 Å². The van der Waals surface area contributed by atoms with Gasteiger partial charge in [-0.2, -0.15) is 0 Å². The van der Waals surface area contributed by atoms with E-state index in [1.54, 1.807) is 6.92 Å². The molecule has 0 aliphatic carbocycles. The normalized spacial score (nSPS) is 19.2. The molecule has 0 aromatic heterocycles. The number of carbonyl (C=O) groups excluding carboxylic acids is 4. The summed E-state index contributed by atoms with van der Waals surface area (Å²) < 4.78 is 11.9. The minimum Gasteiger partial charge on any atom is -0.350 e. The van der Waals surface area contributed by atoms with E-state index in [2.05, 4.69) is 16.0 Å². The third-order valence-electron chi connectivity index (χ3n) is 6.00. The van der Waals surface area contributed by atoms with Gasteiger partial charge in [-0.1, -0.05) is 68.3 Å². The number of likely N-dealkylation sites (N-methyl/N-ethyl adjacent to an activating group) is 1. The first-order valence-electron chi connectivity index (χ1n) is 12.5. The molecule has 0 radical (unpaired) electrons. The monoisotopic (exact) mass is 537 g/mol. The van der Waals surface area contributed by atoms with E-state index < -0.39 is 44.9 Å². The average Bonchev–Trinajstić information content (AvgIpc) is 3.23. The molecule has 8 nitrogen and oxygen atoms in total. The number of rotatable bonds is 13. The Morgan fingerprint density at radius 3 is 2.36 bits per heavy atom. The molecule has 4 atom stereocenters. The maximum absolute atomic E-state index is 13.3. The molecule has 2 rings (SSSR count). The van der Waals surface area contributed by atoms with Gasteiger partial charge in [0.05, 0.1) is 9.83 Å². The maximum atomic E-state index is 13.3. The van der Waals surface area contributed by atoms with Gasteiger partial charge in [0.25, 0.3) is 5.91 Å². The number of Topliss-reactive ketones (excluding diaryl/α,β-unsaturated/α-hetero) is 1. The van der Waals surface area contributed by atoms with Crippen molar-refractivity contribution in [2.45, 2.75) is 83.6 Å². The van der Waals surface area contributed by atoms with Crippen molar-refractivity contribution in [2.24, 2.45) is 5.41 Å². The van der Waals surface area contributed by atoms with Crippen LogP contribution in [0, 0.1) is 5.41 Å². The molecule has 10 heteroatoms. The van der Waals surface area contributed by atoms with Gasteiger partial charge in [0.2, 0.25) is 17.6 Å². The predicted octanol–water partition coefficient (Wildman–Crippen LogP) is 2.68. The highest BCUT2D eigenvalue weighted by Crippen LogP contribution is 2.29. The molecule has 1 aliphatic heterocycles. The van der Waals surface area contributed by atoms with Crippen LogP contribution < -0.4 is 16.0 Å². The lowest BCUT2D eigenvalue weighted by molar-refractivity contribution is -0.140. The van der Waals surface area contributed by atoms with Crippen LogP contribution in [0.1, 0.15) is 65.4 Å². The molecule has 200 valence electrons. The molecule has 1 aromatic rings. The standard InChI is InChI=1S/C26H39N3O5S2/c1-5-27-24(32)22(31)20(17-18-11-7-6-8-12-18)28-25(33)23(26(2,3)4)29-21(30)14-10-9-13-19-15-16-35-36(19)34/h6-8,11-12,19-20,23H,5,9-10,13-17H2,1-4H3,(H,27,32)(H,28,33)(H,29,30)/t19?,20-,23+,36?/m0/s1. The molecule has 0 spiro atoms. The quantitative estimate of drug-likeness (QED) is 0.202. The van der Waals surface area contributed by atoms with Crippen molar-refractivity contribution in [2.75, 3.05) is 12.3 Å². The van der Waals surface area contributed by atoms with Crippen molar-refractivity contribution >= 4 is 44.1 Å². The van der Waals surface area contributed by atoms with Gasteiger partial charge >= 0.3 is 0 Å². The number of benzene rings is 1. The molecular weight excluding hydrogens is 498 g/mol. The van der Waals surface area contributed by atoms with E-state index >= 15 is 0 Å². The molecule has 0 saturated carbocycles. The number of amides is 3. The molecule has 0 bridgehead atoms. The van der Waals surface area contributed by atoms with Gasteiger partial charge in [0.15, 0.2) is 0 Å². The summed E-state index contributed by atoms with van der Waals surface area (Å²) in [6.07, 6.45) is 3.66. The summed E-state index contributed by atoms with van der Waals surface area (Å²) >= 11 is 0. The van der Waals surface area contributed by atoms with Gasteiger partial charge in [0, 0.05) is 30.4 Å². The van der Waals surface area contributed by atoms with Crippen molar-refractivity contribution < 1.29 is 23.4 Å². The second-order valence-corrected chi connectivity index (χ2v) is 13.6. The summed E-state index contributed by atoms with van der Waals surface area (Å²) in [7, 11) is 0.670. The predicted molar refractivity (Wildman–Crippen MR) is 145 cm³/mol. The van der Waals surface area contributed by atoms with Crippen molar-refractivity contribution in [1.29, 1.82) is 0 Å². The zero-order valence-electron chi connectivity index (χ0n) is 21.6. The third kappa shape index (κ3) is 9.69. The zero-order valence-corrected chi connectivity index (χ0v) is 23.3. The van der Waals surface area contributed by atoms with Gasteiger partial charge in [0.1, 0.15) is 12.1 Å². The van der Waals surface area contributed by atoms with Gasteiger partial charge in [-0.25, -0.2) is 4.21 Å². The van der Waals surface area contributed by atoms with Gasteiger partial charge in [-0.15, -0.1) is 0 Å². The van der Waals surface area contributed by atoms with E-state index in [0.717, 1.165) is 30.6 Å². The third-order valence-corrected chi connectivity index (χ3v) is 9.67. The van der Waals surface area contributed by atoms with E-state index in [1.165, 1.54) is 10.8 Å². The lowest BCUT2D eigenvalue weighted by Gasteiger charge is -2.31. The molecule has 2 unspecified atom stereocenters. The molecule has 1 saturated heterocycles. The van der Waals surface area contributed by atoms with Crippen molar-refractivity contribution in [3.05, 3.63) is 35.9 Å². The summed E-state index contributed by atoms with van der Waals surface area (Å²) in [5.74, 6) is -1.31. The molecule has 1 heterocycles. The molecule has 1 aliphatic rings. The van der Waals surface area contributed by atoms with Gasteiger partial charge < -0.3 is 16.0 Å². The van der Waals surface area contributed by atoms with Crippen molar-refractivity contribution in [1.82, 2.24) is 16.0 Å². The lowest BCUT2D eigenvalue weighted by Crippen LogP contribution is -2.58. The number of ketones is 1. The molecule has 3 amide bonds. The fourth-order valence-electron chi connectivity index (χ4n) is 3.98. The van der Waals surface area contributed by atoms with Crippen LogP contribution in [-0.2, 0) is 35.4 Å². The second kappa shape index (κ2) is 14.5. The Morgan fingerprint density at radius 2 is 1.78 bits per heavy atom. The van der Waals surface area contributed by atoms with Crippen LogP contribution in [0.15, 0.2) is 30.3 Å². The Labute approximate surface area is 220 Å². The summed E-state index contributed by atoms with van der Waals surface area (Å²) in [5.41, 5.74) is 0.183. The second-order valence-electron chi connectivity index (χ2n) is 10.1. The van der Waals surface area contributed by atoms with E-state index in [-0.39, 0.29) is 24.0 Å². The van der Waals surface area contributed by atoms with Crippen molar-refractivity contribution in [3.8, 4) is 0 Å². The number of carbonyl (C=O) groups is 4. The number of unbranched alkanes of at least 4 members (excludes halogenated alkanes) is 1. The summed E-state index contributed by atoms with van der Waals surface area (Å²) in [4.78, 5) is 51.1. The zero-order chi connectivity index (χ0) is 26.7. The summed E-state index contributed by atoms with van der Waals surface area (Å²) in [5, 5.41) is 8.26. The lowest BCUT2D eigenvalue weighted by atomic mass is 9.85. The fourth-order valence-corrected chi connectivity index (χ4v) is 7.47. The topological polar surface area (TPSA) is 121 Å². The van der Waals surface area contributed by atoms with Crippen molar-refractivity contribution in [3.63, 3.8) is 0 Å². The molecular formula is C26H39N3O5S2. The first-order chi connectivity index (χ1) is 17.0. The van der Waals surface area contributed by atoms with Crippen LogP contribution in [0.3, 0.4) is 0 Å². The molecule has 1 aromatic carbocycles. The maximum Gasteiger partial charge on any atom is 0.289 e. The van der Waals surface area contributed by atoms with Gasteiger partial charge in [-0.05, 0) is 37.2 Å². The van der Waals surface area contributed by atoms with Crippen LogP contribution in [0.5, 0.6) is 0 Å². The smallest absolute Gasteiger partial charge is 0.289 e. The number of hydrogen-bond acceptors (Lipinski definition) is 6. The molecule has 3 N–H and O–H groups in total. The van der Waals surface area contributed by atoms with Gasteiger partial charge in [-0.3, -0.25) is 19.2 Å². The average molecular weight is 538 g/mol. The first-order valence-corrected chi connectivity index (χ1v) is 15.2. The fraction of sp³-hybridized carbons (Fsp3) is 0.615. The Hall–Kier alpha value is -2.20. The molecule has 36 heavy (non-hydrogen) atoms. The summed E-state index contributed by atoms with van der Waals surface area (Å²) in [6, 6.07) is 7.21. The number of nitrogens with one attached hydrogen (secondary N) is 3.